The van der Waals surface area contributed by atoms with Crippen LogP contribution in [0.3, 0.4) is 0 Å². The number of nitrogens with one attached hydrogen (secondary N) is 3. The van der Waals surface area contributed by atoms with Crippen LogP contribution in [0.5, 0.6) is 0 Å². The predicted molar refractivity (Wildman–Crippen MR) is 105 cm³/mol. The molecule has 0 unspecified atom stereocenters. The number of carbonyl (C=O) groups excluding carboxylic acids is 3. The molecule has 0 spiro atoms. The lowest BCUT2D eigenvalue weighted by Gasteiger charge is -2.09. The average molecular weight is 408 g/mol. The quantitative estimate of drug-likeness (QED) is 0.658. The van der Waals surface area contributed by atoms with Crippen LogP contribution in [0.4, 0.5) is 0 Å². The molecule has 0 heterocycles. The van der Waals surface area contributed by atoms with E-state index in [1.807, 2.05) is 31.2 Å². The van der Waals surface area contributed by atoms with Crippen molar-refractivity contribution in [2.24, 2.45) is 0 Å². The zero-order valence-corrected chi connectivity index (χ0v) is 16.2. The summed E-state index contributed by atoms with van der Waals surface area (Å²) in [6.45, 7) is 1.91. The number of hydrogen-bond acceptors (Lipinski definition) is 3. The first-order valence-corrected chi connectivity index (χ1v) is 8.93. The van der Waals surface area contributed by atoms with Crippen molar-refractivity contribution in [3.8, 4) is 0 Å². The van der Waals surface area contributed by atoms with Gasteiger partial charge >= 0.3 is 0 Å². The molecular formula is C19H19Cl2N3O3. The van der Waals surface area contributed by atoms with Gasteiger partial charge in [-0.15, -0.1) is 0 Å². The molecule has 0 radical (unpaired) electrons. The molecule has 0 aliphatic heterocycles. The summed E-state index contributed by atoms with van der Waals surface area (Å²) in [4.78, 5) is 35.6. The van der Waals surface area contributed by atoms with Gasteiger partial charge in [0.1, 0.15) is 0 Å². The van der Waals surface area contributed by atoms with Crippen LogP contribution in [-0.2, 0) is 16.1 Å². The molecule has 0 atom stereocenters. The fourth-order valence-electron chi connectivity index (χ4n) is 2.14. The van der Waals surface area contributed by atoms with Gasteiger partial charge in [0.25, 0.3) is 5.91 Å². The van der Waals surface area contributed by atoms with Gasteiger partial charge < -0.3 is 16.0 Å². The van der Waals surface area contributed by atoms with E-state index in [0.717, 1.165) is 11.1 Å². The summed E-state index contributed by atoms with van der Waals surface area (Å²) < 4.78 is 0. The van der Waals surface area contributed by atoms with Gasteiger partial charge in [-0.05, 0) is 30.7 Å². The minimum absolute atomic E-state index is 0.178. The van der Waals surface area contributed by atoms with E-state index < -0.39 is 11.8 Å². The van der Waals surface area contributed by atoms with E-state index >= 15 is 0 Å². The monoisotopic (exact) mass is 407 g/mol. The lowest BCUT2D eigenvalue weighted by Crippen LogP contribution is -2.41. The van der Waals surface area contributed by atoms with Crippen LogP contribution < -0.4 is 16.0 Å². The number of rotatable bonds is 7. The van der Waals surface area contributed by atoms with Gasteiger partial charge in [-0.1, -0.05) is 53.0 Å². The summed E-state index contributed by atoms with van der Waals surface area (Å²) in [6, 6.07) is 12.2. The molecule has 0 fully saturated rings. The average Bonchev–Trinajstić information content (AvgIpc) is 2.64. The third kappa shape index (κ3) is 6.92. The summed E-state index contributed by atoms with van der Waals surface area (Å²) in [5, 5.41) is 8.18. The summed E-state index contributed by atoms with van der Waals surface area (Å²) in [7, 11) is 0. The summed E-state index contributed by atoms with van der Waals surface area (Å²) in [5.41, 5.74) is 2.32. The fraction of sp³-hybridized carbons (Fsp3) is 0.211. The molecule has 8 heteroatoms. The first-order valence-electron chi connectivity index (χ1n) is 8.17. The molecule has 142 valence electrons. The zero-order valence-electron chi connectivity index (χ0n) is 14.6. The maximum absolute atomic E-state index is 12.0. The lowest BCUT2D eigenvalue weighted by molar-refractivity contribution is -0.125. The smallest absolute Gasteiger partial charge is 0.253 e. The molecular weight excluding hydrogens is 389 g/mol. The van der Waals surface area contributed by atoms with Crippen LogP contribution in [0.15, 0.2) is 42.5 Å². The maximum Gasteiger partial charge on any atom is 0.253 e. The van der Waals surface area contributed by atoms with Gasteiger partial charge in [-0.2, -0.15) is 0 Å². The zero-order chi connectivity index (χ0) is 19.8. The second kappa shape index (κ2) is 9.94. The molecule has 0 saturated heterocycles. The lowest BCUT2D eigenvalue weighted by atomic mass is 10.1. The molecule has 0 saturated carbocycles. The molecule has 0 bridgehead atoms. The largest absolute Gasteiger partial charge is 0.350 e. The molecule has 3 N–H and O–H groups in total. The number of aryl methyl sites for hydroxylation is 1. The molecule has 2 rings (SSSR count). The van der Waals surface area contributed by atoms with Gasteiger partial charge in [0, 0.05) is 11.6 Å². The van der Waals surface area contributed by atoms with E-state index in [1.165, 1.54) is 18.2 Å². The Hall–Kier alpha value is -2.57. The normalized spacial score (nSPS) is 10.2. The summed E-state index contributed by atoms with van der Waals surface area (Å²) >= 11 is 11.7. The van der Waals surface area contributed by atoms with Crippen molar-refractivity contribution in [1.82, 2.24) is 16.0 Å². The van der Waals surface area contributed by atoms with Crippen molar-refractivity contribution in [2.75, 3.05) is 13.1 Å². The van der Waals surface area contributed by atoms with Crippen molar-refractivity contribution < 1.29 is 14.4 Å². The van der Waals surface area contributed by atoms with Crippen LogP contribution in [-0.4, -0.2) is 30.8 Å². The third-order valence-corrected chi connectivity index (χ3v) is 4.19. The minimum Gasteiger partial charge on any atom is -0.350 e. The van der Waals surface area contributed by atoms with Crippen molar-refractivity contribution in [1.29, 1.82) is 0 Å². The van der Waals surface area contributed by atoms with Crippen LogP contribution in [0.2, 0.25) is 10.0 Å². The van der Waals surface area contributed by atoms with Crippen molar-refractivity contribution in [3.05, 3.63) is 69.2 Å². The first kappa shape index (κ1) is 20.7. The molecule has 27 heavy (non-hydrogen) atoms. The molecule has 0 aliphatic carbocycles. The Morgan fingerprint density at radius 3 is 2.15 bits per heavy atom. The van der Waals surface area contributed by atoms with Gasteiger partial charge in [-0.3, -0.25) is 14.4 Å². The number of halogens is 2. The Morgan fingerprint density at radius 1 is 0.852 bits per heavy atom. The number of carbonyl (C=O) groups is 3. The Bertz CT molecular complexity index is 839. The van der Waals surface area contributed by atoms with Crippen LogP contribution >= 0.6 is 23.2 Å². The van der Waals surface area contributed by atoms with E-state index in [0.29, 0.717) is 11.6 Å². The highest BCUT2D eigenvalue weighted by molar-refractivity contribution is 6.36. The molecule has 3 amide bonds. The second-order valence-corrected chi connectivity index (χ2v) is 6.69. The topological polar surface area (TPSA) is 87.3 Å². The van der Waals surface area contributed by atoms with Crippen molar-refractivity contribution in [2.45, 2.75) is 13.5 Å². The standard InChI is InChI=1S/C19H19Cl2N3O3/c1-12-2-4-13(5-3-12)9-22-17(25)10-23-18(26)11-24-19(27)15-7-6-14(20)8-16(15)21/h2-8H,9-11H2,1H3,(H,22,25)(H,23,26)(H,24,27). The SMILES string of the molecule is Cc1ccc(CNC(=O)CNC(=O)CNC(=O)c2ccc(Cl)cc2Cl)cc1. The van der Waals surface area contributed by atoms with Crippen molar-refractivity contribution in [3.63, 3.8) is 0 Å². The van der Waals surface area contributed by atoms with Crippen LogP contribution in [0, 0.1) is 6.92 Å². The van der Waals surface area contributed by atoms with Gasteiger partial charge in [0.05, 0.1) is 23.7 Å². The maximum atomic E-state index is 12.0. The Balaban J connectivity index is 1.70. The van der Waals surface area contributed by atoms with Gasteiger partial charge in [-0.25, -0.2) is 0 Å². The number of benzene rings is 2. The number of hydrogen-bond donors (Lipinski definition) is 3. The van der Waals surface area contributed by atoms with Gasteiger partial charge in [0.2, 0.25) is 11.8 Å². The second-order valence-electron chi connectivity index (χ2n) is 5.85. The Labute approximate surface area is 167 Å². The minimum atomic E-state index is -0.504. The van der Waals surface area contributed by atoms with E-state index in [4.69, 9.17) is 23.2 Å². The highest BCUT2D eigenvalue weighted by Gasteiger charge is 2.12. The van der Waals surface area contributed by atoms with E-state index in [1.54, 1.807) is 0 Å². The predicted octanol–water partition coefficient (Wildman–Crippen LogP) is 2.46. The summed E-state index contributed by atoms with van der Waals surface area (Å²) in [6.07, 6.45) is 0. The van der Waals surface area contributed by atoms with Crippen LogP contribution in [0.1, 0.15) is 21.5 Å². The molecule has 2 aromatic carbocycles. The Kier molecular flexibility index (Phi) is 7.64. The molecule has 0 aliphatic rings. The molecule has 0 aromatic heterocycles. The summed E-state index contributed by atoms with van der Waals surface area (Å²) in [5.74, 6) is -1.31. The van der Waals surface area contributed by atoms with E-state index in [2.05, 4.69) is 16.0 Å². The third-order valence-electron chi connectivity index (χ3n) is 3.64. The molecule has 2 aromatic rings. The first-order chi connectivity index (χ1) is 12.8. The van der Waals surface area contributed by atoms with E-state index in [-0.39, 0.29) is 29.6 Å². The van der Waals surface area contributed by atoms with Crippen molar-refractivity contribution >= 4 is 40.9 Å². The molecule has 6 nitrogen and oxygen atoms in total. The van der Waals surface area contributed by atoms with E-state index in [9.17, 15) is 14.4 Å². The highest BCUT2D eigenvalue weighted by atomic mass is 35.5. The number of amides is 3. The fourth-order valence-corrected chi connectivity index (χ4v) is 2.63. The Morgan fingerprint density at radius 2 is 1.48 bits per heavy atom. The van der Waals surface area contributed by atoms with Crippen LogP contribution in [0.25, 0.3) is 0 Å². The van der Waals surface area contributed by atoms with Gasteiger partial charge in [0.15, 0.2) is 0 Å². The highest BCUT2D eigenvalue weighted by Crippen LogP contribution is 2.20.